The van der Waals surface area contributed by atoms with Gasteiger partial charge in [0.05, 0.1) is 0 Å². The summed E-state index contributed by atoms with van der Waals surface area (Å²) >= 11 is 0. The van der Waals surface area contributed by atoms with Crippen LogP contribution < -0.4 is 0 Å². The van der Waals surface area contributed by atoms with Gasteiger partial charge in [0.25, 0.3) is 0 Å². The van der Waals surface area contributed by atoms with Crippen molar-refractivity contribution >= 4 is 0 Å². The smallest absolute Gasteiger partial charge is 0.188 e. The molecule has 0 radical (unpaired) electrons. The molecule has 0 bridgehead atoms. The summed E-state index contributed by atoms with van der Waals surface area (Å²) < 4.78 is 15.3. The SMILES string of the molecule is CO[C@@H]1C=C[C@@](C)(OC)O1. The van der Waals surface area contributed by atoms with E-state index in [0.29, 0.717) is 0 Å². The second kappa shape index (κ2) is 2.70. The summed E-state index contributed by atoms with van der Waals surface area (Å²) in [6, 6.07) is 0. The van der Waals surface area contributed by atoms with Crippen LogP contribution in [0, 0.1) is 0 Å². The minimum atomic E-state index is -0.597. The second-order valence-electron chi connectivity index (χ2n) is 2.30. The first-order chi connectivity index (χ1) is 4.70. The molecule has 1 aliphatic heterocycles. The van der Waals surface area contributed by atoms with Crippen LogP contribution in [0.4, 0.5) is 0 Å². The number of ether oxygens (including phenoxy) is 3. The normalized spacial score (nSPS) is 38.9. The fourth-order valence-electron chi connectivity index (χ4n) is 0.805. The fourth-order valence-corrected chi connectivity index (χ4v) is 0.805. The monoisotopic (exact) mass is 144 g/mol. The molecule has 0 unspecified atom stereocenters. The summed E-state index contributed by atoms with van der Waals surface area (Å²) in [5.41, 5.74) is 0. The molecule has 3 nitrogen and oxygen atoms in total. The molecular formula is C7H12O3. The van der Waals surface area contributed by atoms with Crippen molar-refractivity contribution in [1.82, 2.24) is 0 Å². The quantitative estimate of drug-likeness (QED) is 0.539. The molecule has 0 aromatic heterocycles. The average molecular weight is 144 g/mol. The zero-order valence-electron chi connectivity index (χ0n) is 6.46. The van der Waals surface area contributed by atoms with Gasteiger partial charge in [-0.2, -0.15) is 0 Å². The minimum absolute atomic E-state index is 0.259. The van der Waals surface area contributed by atoms with Crippen LogP contribution in [0.1, 0.15) is 6.92 Å². The molecule has 1 heterocycles. The van der Waals surface area contributed by atoms with Crippen LogP contribution in [-0.2, 0) is 14.2 Å². The van der Waals surface area contributed by atoms with Gasteiger partial charge in [0.2, 0.25) is 0 Å². The van der Waals surface area contributed by atoms with Crippen molar-refractivity contribution in [3.8, 4) is 0 Å². The third-order valence-corrected chi connectivity index (χ3v) is 1.54. The second-order valence-corrected chi connectivity index (χ2v) is 2.30. The van der Waals surface area contributed by atoms with Crippen LogP contribution in [0.25, 0.3) is 0 Å². The van der Waals surface area contributed by atoms with E-state index in [9.17, 15) is 0 Å². The standard InChI is InChI=1S/C7H12O3/c1-7(9-3)5-4-6(8-2)10-7/h4-6H,1-3H3/t6-,7-/m0/s1. The van der Waals surface area contributed by atoms with Crippen molar-refractivity contribution < 1.29 is 14.2 Å². The first kappa shape index (κ1) is 7.72. The Hall–Kier alpha value is -0.380. The first-order valence-electron chi connectivity index (χ1n) is 3.15. The molecule has 0 saturated carbocycles. The van der Waals surface area contributed by atoms with Gasteiger partial charge in [-0.25, -0.2) is 0 Å². The van der Waals surface area contributed by atoms with E-state index in [4.69, 9.17) is 14.2 Å². The Labute approximate surface area is 60.6 Å². The van der Waals surface area contributed by atoms with Crippen molar-refractivity contribution in [2.75, 3.05) is 14.2 Å². The highest BCUT2D eigenvalue weighted by atomic mass is 16.8. The van der Waals surface area contributed by atoms with Crippen molar-refractivity contribution in [2.45, 2.75) is 19.0 Å². The van der Waals surface area contributed by atoms with Gasteiger partial charge in [-0.15, -0.1) is 0 Å². The van der Waals surface area contributed by atoms with Gasteiger partial charge in [-0.1, -0.05) is 0 Å². The van der Waals surface area contributed by atoms with Gasteiger partial charge in [0, 0.05) is 14.2 Å². The molecular weight excluding hydrogens is 132 g/mol. The predicted octanol–water partition coefficient (Wildman–Crippen LogP) is 0.908. The van der Waals surface area contributed by atoms with Crippen molar-refractivity contribution in [1.29, 1.82) is 0 Å². The number of hydrogen-bond acceptors (Lipinski definition) is 3. The zero-order valence-corrected chi connectivity index (χ0v) is 6.46. The maximum absolute atomic E-state index is 5.29. The summed E-state index contributed by atoms with van der Waals surface area (Å²) in [7, 11) is 3.19. The number of rotatable bonds is 2. The first-order valence-corrected chi connectivity index (χ1v) is 3.15. The van der Waals surface area contributed by atoms with E-state index in [1.165, 1.54) is 0 Å². The van der Waals surface area contributed by atoms with Gasteiger partial charge >= 0.3 is 0 Å². The van der Waals surface area contributed by atoms with Gasteiger partial charge in [-0.3, -0.25) is 0 Å². The lowest BCUT2D eigenvalue weighted by Gasteiger charge is -2.21. The van der Waals surface area contributed by atoms with Crippen LogP contribution in [0.15, 0.2) is 12.2 Å². The van der Waals surface area contributed by atoms with Gasteiger partial charge in [-0.05, 0) is 19.1 Å². The molecule has 0 N–H and O–H groups in total. The highest BCUT2D eigenvalue weighted by Gasteiger charge is 2.30. The molecule has 0 amide bonds. The van der Waals surface area contributed by atoms with Crippen molar-refractivity contribution in [3.63, 3.8) is 0 Å². The average Bonchev–Trinajstić information content (AvgIpc) is 2.33. The van der Waals surface area contributed by atoms with Crippen LogP contribution >= 0.6 is 0 Å². The lowest BCUT2D eigenvalue weighted by Crippen LogP contribution is -2.28. The van der Waals surface area contributed by atoms with Crippen LogP contribution in [-0.4, -0.2) is 26.3 Å². The van der Waals surface area contributed by atoms with Gasteiger partial charge < -0.3 is 14.2 Å². The Morgan fingerprint density at radius 2 is 2.20 bits per heavy atom. The Balaban J connectivity index is 2.51. The number of hydrogen-bond donors (Lipinski definition) is 0. The lowest BCUT2D eigenvalue weighted by atomic mass is 10.3. The third-order valence-electron chi connectivity index (χ3n) is 1.54. The van der Waals surface area contributed by atoms with E-state index in [-0.39, 0.29) is 6.29 Å². The minimum Gasteiger partial charge on any atom is -0.352 e. The van der Waals surface area contributed by atoms with Crippen molar-refractivity contribution in [3.05, 3.63) is 12.2 Å². The lowest BCUT2D eigenvalue weighted by molar-refractivity contribution is -0.232. The molecule has 1 aliphatic rings. The van der Waals surface area contributed by atoms with E-state index in [1.54, 1.807) is 14.2 Å². The van der Waals surface area contributed by atoms with Crippen molar-refractivity contribution in [2.24, 2.45) is 0 Å². The topological polar surface area (TPSA) is 27.7 Å². The fraction of sp³-hybridized carbons (Fsp3) is 0.714. The Morgan fingerprint density at radius 3 is 2.50 bits per heavy atom. The molecule has 0 aromatic rings. The summed E-state index contributed by atoms with van der Waals surface area (Å²) in [5.74, 6) is -0.597. The molecule has 2 atom stereocenters. The zero-order chi connectivity index (χ0) is 7.61. The molecule has 3 heteroatoms. The Morgan fingerprint density at radius 1 is 1.50 bits per heavy atom. The summed E-state index contributed by atoms with van der Waals surface area (Å²) in [6.45, 7) is 1.84. The molecule has 0 aliphatic carbocycles. The Kier molecular flexibility index (Phi) is 2.08. The molecule has 1 rings (SSSR count). The van der Waals surface area contributed by atoms with E-state index in [0.717, 1.165) is 0 Å². The third kappa shape index (κ3) is 1.37. The van der Waals surface area contributed by atoms with Crippen LogP contribution in [0.3, 0.4) is 0 Å². The van der Waals surface area contributed by atoms with E-state index in [2.05, 4.69) is 0 Å². The van der Waals surface area contributed by atoms with Gasteiger partial charge in [0.15, 0.2) is 12.1 Å². The molecule has 10 heavy (non-hydrogen) atoms. The summed E-state index contributed by atoms with van der Waals surface area (Å²) in [4.78, 5) is 0. The van der Waals surface area contributed by atoms with Crippen LogP contribution in [0.2, 0.25) is 0 Å². The summed E-state index contributed by atoms with van der Waals surface area (Å²) in [6.07, 6.45) is 3.40. The maximum Gasteiger partial charge on any atom is 0.188 e. The van der Waals surface area contributed by atoms with Gasteiger partial charge in [0.1, 0.15) is 0 Å². The predicted molar refractivity (Wildman–Crippen MR) is 36.4 cm³/mol. The molecule has 0 aromatic carbocycles. The highest BCUT2D eigenvalue weighted by Crippen LogP contribution is 2.23. The molecule has 0 fully saturated rings. The van der Waals surface area contributed by atoms with E-state index in [1.807, 2.05) is 19.1 Å². The molecule has 0 saturated heterocycles. The van der Waals surface area contributed by atoms with E-state index >= 15 is 0 Å². The largest absolute Gasteiger partial charge is 0.352 e. The van der Waals surface area contributed by atoms with E-state index < -0.39 is 5.79 Å². The number of methoxy groups -OCH3 is 2. The summed E-state index contributed by atoms with van der Waals surface area (Å²) in [5, 5.41) is 0. The Bertz CT molecular complexity index is 144. The van der Waals surface area contributed by atoms with Crippen LogP contribution in [0.5, 0.6) is 0 Å². The molecule has 0 spiro atoms. The highest BCUT2D eigenvalue weighted by molar-refractivity contribution is 5.02. The maximum atomic E-state index is 5.29. The molecule has 58 valence electrons.